The SMILES string of the molecule is CNC(c1ccncc1OC)c1ccc(Br)c(Cl)c1F. The number of rotatable bonds is 4. The Bertz CT molecular complexity index is 624. The molecule has 1 atom stereocenters. The van der Waals surface area contributed by atoms with Gasteiger partial charge < -0.3 is 10.1 Å². The van der Waals surface area contributed by atoms with E-state index in [9.17, 15) is 4.39 Å². The van der Waals surface area contributed by atoms with Gasteiger partial charge in [0, 0.05) is 21.8 Å². The molecule has 1 aromatic carbocycles. The van der Waals surface area contributed by atoms with Crippen molar-refractivity contribution in [2.24, 2.45) is 0 Å². The number of ether oxygens (including phenoxy) is 1. The van der Waals surface area contributed by atoms with Gasteiger partial charge in [0.05, 0.1) is 24.4 Å². The smallest absolute Gasteiger partial charge is 0.148 e. The Balaban J connectivity index is 2.56. The van der Waals surface area contributed by atoms with Crippen molar-refractivity contribution in [1.29, 1.82) is 0 Å². The summed E-state index contributed by atoms with van der Waals surface area (Å²) in [5.41, 5.74) is 1.24. The standard InChI is InChI=1S/C14H13BrClFN2O/c1-18-14(8-5-6-19-7-11(8)20-2)9-3-4-10(15)12(16)13(9)17/h3-7,14,18H,1-2H3. The lowest BCUT2D eigenvalue weighted by molar-refractivity contribution is 0.402. The van der Waals surface area contributed by atoms with Crippen molar-refractivity contribution in [2.45, 2.75) is 6.04 Å². The number of pyridine rings is 1. The van der Waals surface area contributed by atoms with Gasteiger partial charge in [0.25, 0.3) is 0 Å². The largest absolute Gasteiger partial charge is 0.495 e. The van der Waals surface area contributed by atoms with Crippen LogP contribution in [0.5, 0.6) is 5.75 Å². The molecule has 2 aromatic rings. The summed E-state index contributed by atoms with van der Waals surface area (Å²) >= 11 is 9.16. The fourth-order valence-electron chi connectivity index (χ4n) is 2.04. The maximum Gasteiger partial charge on any atom is 0.148 e. The van der Waals surface area contributed by atoms with Crippen molar-refractivity contribution >= 4 is 27.5 Å². The first kappa shape index (κ1) is 15.2. The van der Waals surface area contributed by atoms with E-state index in [-0.39, 0.29) is 11.1 Å². The summed E-state index contributed by atoms with van der Waals surface area (Å²) in [4.78, 5) is 4.00. The lowest BCUT2D eigenvalue weighted by Gasteiger charge is -2.20. The van der Waals surface area contributed by atoms with Crippen molar-refractivity contribution in [3.05, 3.63) is 57.0 Å². The first-order chi connectivity index (χ1) is 9.60. The van der Waals surface area contributed by atoms with Crippen LogP contribution in [0.15, 0.2) is 35.1 Å². The molecule has 0 radical (unpaired) electrons. The van der Waals surface area contributed by atoms with Crippen molar-refractivity contribution < 1.29 is 9.13 Å². The number of hydrogen-bond donors (Lipinski definition) is 1. The minimum atomic E-state index is -0.459. The van der Waals surface area contributed by atoms with E-state index >= 15 is 0 Å². The Kier molecular flexibility index (Phi) is 4.96. The summed E-state index contributed by atoms with van der Waals surface area (Å²) in [6.45, 7) is 0. The minimum Gasteiger partial charge on any atom is -0.495 e. The third-order valence-electron chi connectivity index (χ3n) is 3.01. The highest BCUT2D eigenvalue weighted by atomic mass is 79.9. The molecule has 0 amide bonds. The lowest BCUT2D eigenvalue weighted by Crippen LogP contribution is -2.20. The zero-order valence-corrected chi connectivity index (χ0v) is 13.3. The van der Waals surface area contributed by atoms with E-state index in [0.717, 1.165) is 5.56 Å². The highest BCUT2D eigenvalue weighted by molar-refractivity contribution is 9.10. The summed E-state index contributed by atoms with van der Waals surface area (Å²) < 4.78 is 20.2. The van der Waals surface area contributed by atoms with E-state index in [0.29, 0.717) is 15.8 Å². The summed E-state index contributed by atoms with van der Waals surface area (Å²) in [6, 6.07) is 4.82. The van der Waals surface area contributed by atoms with Crippen LogP contribution in [0.2, 0.25) is 5.02 Å². The molecule has 6 heteroatoms. The molecule has 1 aromatic heterocycles. The molecule has 106 valence electrons. The van der Waals surface area contributed by atoms with Gasteiger partial charge in [-0.2, -0.15) is 0 Å². The molecule has 0 aliphatic rings. The van der Waals surface area contributed by atoms with Crippen LogP contribution in [0.3, 0.4) is 0 Å². The van der Waals surface area contributed by atoms with Crippen LogP contribution in [-0.2, 0) is 0 Å². The number of methoxy groups -OCH3 is 1. The fraction of sp³-hybridized carbons (Fsp3) is 0.214. The third kappa shape index (κ3) is 2.80. The number of nitrogens with one attached hydrogen (secondary N) is 1. The molecule has 1 unspecified atom stereocenters. The highest BCUT2D eigenvalue weighted by Crippen LogP contribution is 2.35. The fourth-order valence-corrected chi connectivity index (χ4v) is 2.52. The van der Waals surface area contributed by atoms with Crippen molar-refractivity contribution in [3.8, 4) is 5.75 Å². The van der Waals surface area contributed by atoms with Gasteiger partial charge in [0.1, 0.15) is 11.6 Å². The van der Waals surface area contributed by atoms with E-state index in [1.54, 1.807) is 44.8 Å². The zero-order chi connectivity index (χ0) is 14.7. The van der Waals surface area contributed by atoms with E-state index in [2.05, 4.69) is 26.2 Å². The Morgan fingerprint density at radius 2 is 2.10 bits per heavy atom. The Labute approximate surface area is 130 Å². The van der Waals surface area contributed by atoms with Gasteiger partial charge in [-0.1, -0.05) is 17.7 Å². The average Bonchev–Trinajstić information content (AvgIpc) is 2.48. The maximum atomic E-state index is 14.4. The second kappa shape index (κ2) is 6.52. The van der Waals surface area contributed by atoms with Gasteiger partial charge in [0.2, 0.25) is 0 Å². The summed E-state index contributed by atoms with van der Waals surface area (Å²) in [7, 11) is 3.30. The predicted molar refractivity (Wildman–Crippen MR) is 80.8 cm³/mol. The molecule has 0 spiro atoms. The van der Waals surface area contributed by atoms with Crippen molar-refractivity contribution in [3.63, 3.8) is 0 Å². The monoisotopic (exact) mass is 358 g/mol. The summed E-state index contributed by atoms with van der Waals surface area (Å²) in [6.07, 6.45) is 3.23. The van der Waals surface area contributed by atoms with E-state index < -0.39 is 5.82 Å². The molecule has 20 heavy (non-hydrogen) atoms. The Hall–Kier alpha value is -1.17. The Morgan fingerprint density at radius 1 is 1.35 bits per heavy atom. The number of halogens is 3. The van der Waals surface area contributed by atoms with E-state index in [1.165, 1.54) is 0 Å². The molecule has 0 bridgehead atoms. The molecule has 0 fully saturated rings. The van der Waals surface area contributed by atoms with Gasteiger partial charge in [-0.05, 0) is 35.1 Å². The molecular weight excluding hydrogens is 347 g/mol. The normalized spacial score (nSPS) is 12.2. The number of aromatic nitrogens is 1. The third-order valence-corrected chi connectivity index (χ3v) is 4.27. The first-order valence-electron chi connectivity index (χ1n) is 5.88. The van der Waals surface area contributed by atoms with Crippen LogP contribution in [0.25, 0.3) is 0 Å². The topological polar surface area (TPSA) is 34.2 Å². The average molecular weight is 360 g/mol. The van der Waals surface area contributed by atoms with Gasteiger partial charge >= 0.3 is 0 Å². The summed E-state index contributed by atoms with van der Waals surface area (Å²) in [5.74, 6) is 0.129. The molecule has 1 N–H and O–H groups in total. The molecule has 0 saturated carbocycles. The minimum absolute atomic E-state index is 0.0655. The van der Waals surface area contributed by atoms with Gasteiger partial charge in [0.15, 0.2) is 0 Å². The van der Waals surface area contributed by atoms with Crippen LogP contribution in [-0.4, -0.2) is 19.1 Å². The highest BCUT2D eigenvalue weighted by Gasteiger charge is 2.22. The Morgan fingerprint density at radius 3 is 2.75 bits per heavy atom. The first-order valence-corrected chi connectivity index (χ1v) is 7.05. The molecule has 3 nitrogen and oxygen atoms in total. The van der Waals surface area contributed by atoms with Crippen LogP contribution in [0.4, 0.5) is 4.39 Å². The van der Waals surface area contributed by atoms with Gasteiger partial charge in [-0.25, -0.2) is 4.39 Å². The number of benzene rings is 1. The van der Waals surface area contributed by atoms with Crippen LogP contribution >= 0.6 is 27.5 Å². The molecule has 1 heterocycles. The molecule has 0 aliphatic heterocycles. The quantitative estimate of drug-likeness (QED) is 0.839. The molecule has 0 saturated heterocycles. The lowest BCUT2D eigenvalue weighted by atomic mass is 9.98. The van der Waals surface area contributed by atoms with E-state index in [4.69, 9.17) is 16.3 Å². The number of hydrogen-bond acceptors (Lipinski definition) is 3. The van der Waals surface area contributed by atoms with Crippen molar-refractivity contribution in [2.75, 3.05) is 14.2 Å². The molecular formula is C14H13BrClFN2O. The summed E-state index contributed by atoms with van der Waals surface area (Å²) in [5, 5.41) is 3.14. The maximum absolute atomic E-state index is 14.4. The van der Waals surface area contributed by atoms with Crippen molar-refractivity contribution in [1.82, 2.24) is 10.3 Å². The molecule has 2 rings (SSSR count). The van der Waals surface area contributed by atoms with Gasteiger partial charge in [-0.3, -0.25) is 4.98 Å². The second-order valence-corrected chi connectivity index (χ2v) is 5.34. The molecule has 0 aliphatic carbocycles. The number of nitrogens with zero attached hydrogens (tertiary/aromatic N) is 1. The van der Waals surface area contributed by atoms with Crippen LogP contribution < -0.4 is 10.1 Å². The predicted octanol–water partition coefficient (Wildman–Crippen LogP) is 3.95. The van der Waals surface area contributed by atoms with E-state index in [1.807, 2.05) is 0 Å². The van der Waals surface area contributed by atoms with Gasteiger partial charge in [-0.15, -0.1) is 0 Å². The van der Waals surface area contributed by atoms with Crippen LogP contribution in [0, 0.1) is 5.82 Å². The second-order valence-electron chi connectivity index (χ2n) is 4.10. The van der Waals surface area contributed by atoms with Crippen LogP contribution in [0.1, 0.15) is 17.2 Å². The zero-order valence-electron chi connectivity index (χ0n) is 11.0.